The summed E-state index contributed by atoms with van der Waals surface area (Å²) in [7, 11) is 0. The molecule has 2 aliphatic rings. The van der Waals surface area contributed by atoms with Crippen molar-refractivity contribution in [3.05, 3.63) is 33.0 Å². The summed E-state index contributed by atoms with van der Waals surface area (Å²) < 4.78 is 0. The van der Waals surface area contributed by atoms with Crippen LogP contribution in [0.15, 0.2) is 0 Å². The normalized spacial score (nSPS) is 17.0. The van der Waals surface area contributed by atoms with Crippen LogP contribution in [0.4, 0.5) is 5.00 Å². The molecule has 22 heavy (non-hydrogen) atoms. The number of nitrogens with zero attached hydrogens (tertiary/aromatic N) is 1. The second-order valence-corrected chi connectivity index (χ2v) is 7.18. The summed E-state index contributed by atoms with van der Waals surface area (Å²) in [5, 5.41) is 14.6. The lowest BCUT2D eigenvalue weighted by Crippen LogP contribution is -2.25. The molecule has 2 aromatic heterocycles. The van der Waals surface area contributed by atoms with Crippen molar-refractivity contribution in [3.8, 4) is 0 Å². The van der Waals surface area contributed by atoms with Gasteiger partial charge in [0.25, 0.3) is 5.91 Å². The maximum Gasteiger partial charge on any atom is 0.277 e. The van der Waals surface area contributed by atoms with E-state index in [9.17, 15) is 4.79 Å². The highest BCUT2D eigenvalue weighted by atomic mass is 32.1. The van der Waals surface area contributed by atoms with E-state index in [1.165, 1.54) is 28.8 Å². The fourth-order valence-electron chi connectivity index (χ4n) is 3.42. The Morgan fingerprint density at radius 1 is 1.23 bits per heavy atom. The minimum Gasteiger partial charge on any atom is -0.312 e. The first-order chi connectivity index (χ1) is 10.7. The molecule has 1 aliphatic carbocycles. The summed E-state index contributed by atoms with van der Waals surface area (Å²) in [6, 6.07) is 0. The largest absolute Gasteiger partial charge is 0.312 e. The van der Waals surface area contributed by atoms with Crippen LogP contribution in [-0.4, -0.2) is 22.6 Å². The minimum atomic E-state index is -0.0945. The topological polar surface area (TPSA) is 69.8 Å². The Balaban J connectivity index is 1.60. The van der Waals surface area contributed by atoms with E-state index < -0.39 is 0 Å². The third kappa shape index (κ3) is 2.27. The van der Waals surface area contributed by atoms with E-state index in [1.807, 2.05) is 0 Å². The van der Waals surface area contributed by atoms with Gasteiger partial charge >= 0.3 is 0 Å². The van der Waals surface area contributed by atoms with Crippen LogP contribution in [0.1, 0.15) is 50.6 Å². The first-order valence-electron chi connectivity index (χ1n) is 7.93. The van der Waals surface area contributed by atoms with Crippen molar-refractivity contribution in [2.24, 2.45) is 0 Å². The number of aryl methyl sites for hydroxylation is 1. The first kappa shape index (κ1) is 14.0. The molecule has 2 aromatic rings. The summed E-state index contributed by atoms with van der Waals surface area (Å²) in [4.78, 5) is 14.0. The van der Waals surface area contributed by atoms with Crippen molar-refractivity contribution in [1.29, 1.82) is 0 Å². The van der Waals surface area contributed by atoms with Crippen LogP contribution in [0.2, 0.25) is 0 Å². The van der Waals surface area contributed by atoms with Gasteiger partial charge in [0, 0.05) is 35.6 Å². The molecule has 0 unspecified atom stereocenters. The van der Waals surface area contributed by atoms with Crippen molar-refractivity contribution in [2.75, 3.05) is 11.9 Å². The average Bonchev–Trinajstić information content (AvgIpc) is 3.10. The number of amides is 1. The molecule has 0 saturated heterocycles. The number of nitrogens with one attached hydrogen (secondary N) is 3. The van der Waals surface area contributed by atoms with Crippen molar-refractivity contribution in [3.63, 3.8) is 0 Å². The summed E-state index contributed by atoms with van der Waals surface area (Å²) in [5.74, 6) is -0.0945. The molecule has 0 spiro atoms. The van der Waals surface area contributed by atoms with Crippen LogP contribution in [0.3, 0.4) is 0 Å². The van der Waals surface area contributed by atoms with Gasteiger partial charge in [0.2, 0.25) is 0 Å². The van der Waals surface area contributed by atoms with Crippen molar-refractivity contribution >= 4 is 22.2 Å². The first-order valence-corrected chi connectivity index (χ1v) is 8.75. The molecule has 0 bridgehead atoms. The smallest absolute Gasteiger partial charge is 0.277 e. The molecule has 116 valence electrons. The molecule has 1 amide bonds. The van der Waals surface area contributed by atoms with Gasteiger partial charge in [-0.3, -0.25) is 9.89 Å². The fraction of sp³-hybridized carbons (Fsp3) is 0.500. The molecule has 0 saturated carbocycles. The van der Waals surface area contributed by atoms with Crippen LogP contribution < -0.4 is 10.6 Å². The van der Waals surface area contributed by atoms with Gasteiger partial charge in [-0.25, -0.2) is 0 Å². The number of thiophene rings is 1. The second kappa shape index (κ2) is 5.52. The SMILES string of the molecule is Cc1c(NC(=O)c2n[nH]c3c2CNCC3)sc2c1CCCC2. The average molecular weight is 316 g/mol. The van der Waals surface area contributed by atoms with Crippen LogP contribution in [0.25, 0.3) is 0 Å². The Hall–Kier alpha value is -1.66. The molecule has 4 rings (SSSR count). The molecule has 0 radical (unpaired) electrons. The fourth-order valence-corrected chi connectivity index (χ4v) is 4.71. The predicted octanol–water partition coefficient (Wildman–Crippen LogP) is 2.56. The molecule has 0 fully saturated rings. The number of hydrogen-bond acceptors (Lipinski definition) is 4. The summed E-state index contributed by atoms with van der Waals surface area (Å²) >= 11 is 1.74. The van der Waals surface area contributed by atoms with Gasteiger partial charge in [0.05, 0.1) is 5.00 Å². The number of rotatable bonds is 2. The minimum absolute atomic E-state index is 0.0945. The third-order valence-corrected chi connectivity index (χ3v) is 5.99. The van der Waals surface area contributed by atoms with Crippen molar-refractivity contribution < 1.29 is 4.79 Å². The van der Waals surface area contributed by atoms with Gasteiger partial charge in [-0.05, 0) is 43.7 Å². The molecular formula is C16H20N4OS. The Bertz CT molecular complexity index is 731. The number of carbonyl (C=O) groups excluding carboxylic acids is 1. The Kier molecular flexibility index (Phi) is 3.50. The van der Waals surface area contributed by atoms with E-state index in [0.29, 0.717) is 12.2 Å². The molecule has 3 N–H and O–H groups in total. The lowest BCUT2D eigenvalue weighted by molar-refractivity contribution is 0.102. The van der Waals surface area contributed by atoms with Crippen LogP contribution in [-0.2, 0) is 25.8 Å². The highest BCUT2D eigenvalue weighted by Gasteiger charge is 2.24. The van der Waals surface area contributed by atoms with Crippen LogP contribution >= 0.6 is 11.3 Å². The highest BCUT2D eigenvalue weighted by molar-refractivity contribution is 7.16. The van der Waals surface area contributed by atoms with Gasteiger partial charge in [0.15, 0.2) is 5.69 Å². The van der Waals surface area contributed by atoms with Gasteiger partial charge in [-0.1, -0.05) is 0 Å². The Labute approximate surface area is 133 Å². The maximum atomic E-state index is 12.6. The van der Waals surface area contributed by atoms with E-state index in [1.54, 1.807) is 11.3 Å². The van der Waals surface area contributed by atoms with E-state index >= 15 is 0 Å². The standard InChI is InChI=1S/C16H20N4OS/c1-9-10-4-2-3-5-13(10)22-16(9)18-15(21)14-11-8-17-7-6-12(11)19-20-14/h17H,2-8H2,1H3,(H,18,21)(H,19,20). The number of aromatic nitrogens is 2. The number of anilines is 1. The zero-order valence-electron chi connectivity index (χ0n) is 12.7. The zero-order chi connectivity index (χ0) is 15.1. The molecular weight excluding hydrogens is 296 g/mol. The second-order valence-electron chi connectivity index (χ2n) is 6.08. The lowest BCUT2D eigenvalue weighted by atomic mass is 9.96. The summed E-state index contributed by atoms with van der Waals surface area (Å²) in [5.41, 5.74) is 5.34. The molecule has 0 atom stereocenters. The van der Waals surface area contributed by atoms with Gasteiger partial charge < -0.3 is 10.6 Å². The van der Waals surface area contributed by atoms with E-state index in [0.717, 1.165) is 42.1 Å². The van der Waals surface area contributed by atoms with Gasteiger partial charge in [-0.2, -0.15) is 5.10 Å². The molecule has 6 heteroatoms. The molecule has 1 aliphatic heterocycles. The van der Waals surface area contributed by atoms with Crippen LogP contribution in [0, 0.1) is 6.92 Å². The predicted molar refractivity (Wildman–Crippen MR) is 87.6 cm³/mol. The molecule has 3 heterocycles. The quantitative estimate of drug-likeness (QED) is 0.797. The third-order valence-electron chi connectivity index (χ3n) is 4.68. The molecule has 5 nitrogen and oxygen atoms in total. The molecule has 0 aromatic carbocycles. The lowest BCUT2D eigenvalue weighted by Gasteiger charge is -2.12. The number of hydrogen-bond donors (Lipinski definition) is 3. The van der Waals surface area contributed by atoms with E-state index in [4.69, 9.17) is 0 Å². The monoisotopic (exact) mass is 316 g/mol. The summed E-state index contributed by atoms with van der Waals surface area (Å²) in [6.07, 6.45) is 5.73. The van der Waals surface area contributed by atoms with E-state index in [2.05, 4.69) is 27.8 Å². The van der Waals surface area contributed by atoms with Crippen LogP contribution in [0.5, 0.6) is 0 Å². The zero-order valence-corrected chi connectivity index (χ0v) is 13.5. The van der Waals surface area contributed by atoms with E-state index in [-0.39, 0.29) is 5.91 Å². The number of H-pyrrole nitrogens is 1. The van der Waals surface area contributed by atoms with Gasteiger partial charge in [0.1, 0.15) is 0 Å². The summed E-state index contributed by atoms with van der Waals surface area (Å²) in [6.45, 7) is 3.78. The Morgan fingerprint density at radius 2 is 2.09 bits per heavy atom. The number of aromatic amines is 1. The van der Waals surface area contributed by atoms with Gasteiger partial charge in [-0.15, -0.1) is 11.3 Å². The maximum absolute atomic E-state index is 12.6. The highest BCUT2D eigenvalue weighted by Crippen LogP contribution is 2.37. The van der Waals surface area contributed by atoms with Crippen molar-refractivity contribution in [2.45, 2.75) is 45.6 Å². The van der Waals surface area contributed by atoms with Crippen molar-refractivity contribution in [1.82, 2.24) is 15.5 Å². The Morgan fingerprint density at radius 3 is 2.95 bits per heavy atom. The number of carbonyl (C=O) groups is 1. The number of fused-ring (bicyclic) bond motifs is 2.